The SMILES string of the molecule is COc1cccc(NC2CCN(c3ccnc4cc(Br)cnc34)CC2)c1. The fourth-order valence-corrected chi connectivity index (χ4v) is 3.78. The molecule has 2 aromatic heterocycles. The molecular formula is C20H21BrN4O. The first-order chi connectivity index (χ1) is 12.7. The van der Waals surface area contributed by atoms with Gasteiger partial charge in [-0.3, -0.25) is 9.97 Å². The average Bonchev–Trinajstić information content (AvgIpc) is 2.68. The number of rotatable bonds is 4. The monoisotopic (exact) mass is 412 g/mol. The van der Waals surface area contributed by atoms with E-state index in [0.717, 1.165) is 52.9 Å². The topological polar surface area (TPSA) is 50.3 Å². The fourth-order valence-electron chi connectivity index (χ4n) is 3.46. The summed E-state index contributed by atoms with van der Waals surface area (Å²) in [5.41, 5.74) is 4.18. The Morgan fingerprint density at radius 1 is 1.15 bits per heavy atom. The Labute approximate surface area is 161 Å². The largest absolute Gasteiger partial charge is 0.497 e. The van der Waals surface area contributed by atoms with Crippen LogP contribution in [0, 0.1) is 0 Å². The predicted octanol–water partition coefficient (Wildman–Crippen LogP) is 4.48. The maximum absolute atomic E-state index is 5.30. The summed E-state index contributed by atoms with van der Waals surface area (Å²) in [6.07, 6.45) is 5.87. The summed E-state index contributed by atoms with van der Waals surface area (Å²) in [4.78, 5) is 11.4. The lowest BCUT2D eigenvalue weighted by atomic mass is 10.0. The zero-order chi connectivity index (χ0) is 17.9. The van der Waals surface area contributed by atoms with E-state index in [9.17, 15) is 0 Å². The van der Waals surface area contributed by atoms with Gasteiger partial charge in [-0.25, -0.2) is 0 Å². The van der Waals surface area contributed by atoms with E-state index < -0.39 is 0 Å². The van der Waals surface area contributed by atoms with Crippen molar-refractivity contribution in [1.82, 2.24) is 9.97 Å². The molecule has 26 heavy (non-hydrogen) atoms. The zero-order valence-corrected chi connectivity index (χ0v) is 16.2. The van der Waals surface area contributed by atoms with Crippen molar-refractivity contribution in [2.75, 3.05) is 30.4 Å². The molecule has 0 unspecified atom stereocenters. The number of halogens is 1. The van der Waals surface area contributed by atoms with Gasteiger partial charge in [-0.1, -0.05) is 6.07 Å². The number of nitrogens with zero attached hydrogens (tertiary/aromatic N) is 3. The van der Waals surface area contributed by atoms with E-state index in [0.29, 0.717) is 6.04 Å². The van der Waals surface area contributed by atoms with Crippen molar-refractivity contribution < 1.29 is 4.74 Å². The molecule has 134 valence electrons. The summed E-state index contributed by atoms with van der Waals surface area (Å²) in [5, 5.41) is 3.63. The molecule has 1 aliphatic heterocycles. The summed E-state index contributed by atoms with van der Waals surface area (Å²) in [7, 11) is 1.70. The number of fused-ring (bicyclic) bond motifs is 1. The molecule has 4 rings (SSSR count). The summed E-state index contributed by atoms with van der Waals surface area (Å²) in [6.45, 7) is 2.00. The van der Waals surface area contributed by atoms with Crippen molar-refractivity contribution in [2.45, 2.75) is 18.9 Å². The quantitative estimate of drug-likeness (QED) is 0.684. The molecule has 0 saturated carbocycles. The maximum Gasteiger partial charge on any atom is 0.120 e. The van der Waals surface area contributed by atoms with Crippen LogP contribution in [0.25, 0.3) is 11.0 Å². The lowest BCUT2D eigenvalue weighted by Gasteiger charge is -2.34. The fraction of sp³-hybridized carbons (Fsp3) is 0.300. The van der Waals surface area contributed by atoms with Crippen LogP contribution in [0.2, 0.25) is 0 Å². The Kier molecular flexibility index (Phi) is 4.93. The molecule has 0 amide bonds. The third-order valence-electron chi connectivity index (χ3n) is 4.80. The third kappa shape index (κ3) is 3.60. The van der Waals surface area contributed by atoms with Crippen molar-refractivity contribution >= 4 is 38.3 Å². The van der Waals surface area contributed by atoms with Crippen molar-refractivity contribution in [3.63, 3.8) is 0 Å². The third-order valence-corrected chi connectivity index (χ3v) is 5.23. The zero-order valence-electron chi connectivity index (χ0n) is 14.7. The normalized spacial score (nSPS) is 15.2. The second-order valence-electron chi connectivity index (χ2n) is 6.49. The van der Waals surface area contributed by atoms with Gasteiger partial charge in [0.25, 0.3) is 0 Å². The van der Waals surface area contributed by atoms with Gasteiger partial charge in [0.2, 0.25) is 0 Å². The van der Waals surface area contributed by atoms with E-state index in [2.05, 4.69) is 48.2 Å². The number of hydrogen-bond donors (Lipinski definition) is 1. The molecule has 1 saturated heterocycles. The summed E-state index contributed by atoms with van der Waals surface area (Å²) in [6, 6.07) is 12.7. The molecule has 3 aromatic rings. The number of pyridine rings is 2. The highest BCUT2D eigenvalue weighted by atomic mass is 79.9. The highest BCUT2D eigenvalue weighted by molar-refractivity contribution is 9.10. The number of methoxy groups -OCH3 is 1. The number of benzene rings is 1. The van der Waals surface area contributed by atoms with Gasteiger partial charge in [-0.15, -0.1) is 0 Å². The van der Waals surface area contributed by atoms with E-state index in [-0.39, 0.29) is 0 Å². The molecule has 0 radical (unpaired) electrons. The molecule has 6 heteroatoms. The van der Waals surface area contributed by atoms with Crippen LogP contribution in [0.5, 0.6) is 5.75 Å². The molecule has 1 aliphatic rings. The number of piperidine rings is 1. The number of anilines is 2. The van der Waals surface area contributed by atoms with Gasteiger partial charge in [-0.2, -0.15) is 0 Å². The Morgan fingerprint density at radius 3 is 2.81 bits per heavy atom. The Hall–Kier alpha value is -2.34. The van der Waals surface area contributed by atoms with Gasteiger partial charge in [0.15, 0.2) is 0 Å². The van der Waals surface area contributed by atoms with Crippen LogP contribution >= 0.6 is 15.9 Å². The van der Waals surface area contributed by atoms with Crippen molar-refractivity contribution in [1.29, 1.82) is 0 Å². The lowest BCUT2D eigenvalue weighted by molar-refractivity contribution is 0.415. The van der Waals surface area contributed by atoms with Gasteiger partial charge >= 0.3 is 0 Å². The average molecular weight is 413 g/mol. The van der Waals surface area contributed by atoms with Gasteiger partial charge in [-0.05, 0) is 53.0 Å². The highest BCUT2D eigenvalue weighted by Gasteiger charge is 2.21. The summed E-state index contributed by atoms with van der Waals surface area (Å²) < 4.78 is 6.26. The predicted molar refractivity (Wildman–Crippen MR) is 109 cm³/mol. The molecule has 5 nitrogen and oxygen atoms in total. The lowest BCUT2D eigenvalue weighted by Crippen LogP contribution is -2.39. The Bertz CT molecular complexity index is 909. The molecule has 0 aliphatic carbocycles. The highest BCUT2D eigenvalue weighted by Crippen LogP contribution is 2.28. The van der Waals surface area contributed by atoms with Crippen LogP contribution in [0.3, 0.4) is 0 Å². The second-order valence-corrected chi connectivity index (χ2v) is 7.40. The van der Waals surface area contributed by atoms with Crippen LogP contribution in [-0.2, 0) is 0 Å². The minimum absolute atomic E-state index is 0.466. The first-order valence-electron chi connectivity index (χ1n) is 8.79. The van der Waals surface area contributed by atoms with Gasteiger partial charge in [0.1, 0.15) is 11.3 Å². The van der Waals surface area contributed by atoms with Gasteiger partial charge in [0.05, 0.1) is 18.3 Å². The van der Waals surface area contributed by atoms with Crippen LogP contribution in [0.4, 0.5) is 11.4 Å². The van der Waals surface area contributed by atoms with Crippen LogP contribution in [0.1, 0.15) is 12.8 Å². The van der Waals surface area contributed by atoms with E-state index in [4.69, 9.17) is 4.74 Å². The Balaban J connectivity index is 1.45. The molecule has 0 spiro atoms. The number of aromatic nitrogens is 2. The minimum atomic E-state index is 0.466. The Morgan fingerprint density at radius 2 is 2.00 bits per heavy atom. The summed E-state index contributed by atoms with van der Waals surface area (Å²) >= 11 is 3.47. The van der Waals surface area contributed by atoms with E-state index in [1.807, 2.05) is 36.7 Å². The maximum atomic E-state index is 5.30. The van der Waals surface area contributed by atoms with E-state index in [1.54, 1.807) is 7.11 Å². The summed E-state index contributed by atoms with van der Waals surface area (Å²) in [5.74, 6) is 0.882. The van der Waals surface area contributed by atoms with E-state index >= 15 is 0 Å². The van der Waals surface area contributed by atoms with Crippen LogP contribution in [0.15, 0.2) is 53.3 Å². The number of hydrogen-bond acceptors (Lipinski definition) is 5. The molecule has 0 atom stereocenters. The standard InChI is InChI=1S/C20H21BrN4O/c1-26-17-4-2-3-16(12-17)24-15-6-9-25(10-7-15)19-5-8-22-18-11-14(21)13-23-20(18)19/h2-5,8,11-13,15,24H,6-7,9-10H2,1H3. The number of ether oxygens (including phenoxy) is 1. The second kappa shape index (κ2) is 7.50. The van der Waals surface area contributed by atoms with Gasteiger partial charge in [0, 0.05) is 47.8 Å². The van der Waals surface area contributed by atoms with Crippen molar-refractivity contribution in [3.8, 4) is 5.75 Å². The van der Waals surface area contributed by atoms with Crippen molar-refractivity contribution in [2.24, 2.45) is 0 Å². The first kappa shape index (κ1) is 17.1. The van der Waals surface area contributed by atoms with Crippen molar-refractivity contribution in [3.05, 3.63) is 53.3 Å². The van der Waals surface area contributed by atoms with Gasteiger partial charge < -0.3 is 15.0 Å². The van der Waals surface area contributed by atoms with Crippen LogP contribution in [-0.4, -0.2) is 36.2 Å². The first-order valence-corrected chi connectivity index (χ1v) is 9.58. The molecule has 3 heterocycles. The molecule has 0 bridgehead atoms. The van der Waals surface area contributed by atoms with Crippen LogP contribution < -0.4 is 15.0 Å². The molecule has 1 N–H and O–H groups in total. The number of nitrogens with one attached hydrogen (secondary N) is 1. The smallest absolute Gasteiger partial charge is 0.120 e. The molecule has 1 fully saturated rings. The minimum Gasteiger partial charge on any atom is -0.497 e. The molecule has 1 aromatic carbocycles. The van der Waals surface area contributed by atoms with E-state index in [1.165, 1.54) is 5.69 Å². The molecular weight excluding hydrogens is 392 g/mol.